The predicted octanol–water partition coefficient (Wildman–Crippen LogP) is 3.94. The van der Waals surface area contributed by atoms with Crippen LogP contribution in [0.3, 0.4) is 0 Å². The number of rotatable bonds is 9. The fourth-order valence-corrected chi connectivity index (χ4v) is 3.70. The monoisotopic (exact) mass is 483 g/mol. The summed E-state index contributed by atoms with van der Waals surface area (Å²) in [4.78, 5) is 41.2. The number of amides is 3. The van der Waals surface area contributed by atoms with Gasteiger partial charge in [0.25, 0.3) is 0 Å². The van der Waals surface area contributed by atoms with Crippen LogP contribution in [0.4, 0.5) is 4.79 Å². The van der Waals surface area contributed by atoms with E-state index >= 15 is 0 Å². The highest BCUT2D eigenvalue weighted by atomic mass is 16.6. The molecular weight excluding hydrogens is 446 g/mol. The summed E-state index contributed by atoms with van der Waals surface area (Å²) in [7, 11) is 0. The first-order valence-electron chi connectivity index (χ1n) is 11.8. The van der Waals surface area contributed by atoms with Crippen molar-refractivity contribution in [3.05, 3.63) is 65.7 Å². The van der Waals surface area contributed by atoms with Crippen LogP contribution < -0.4 is 10.6 Å². The van der Waals surface area contributed by atoms with Crippen LogP contribution in [-0.4, -0.2) is 52.1 Å². The van der Waals surface area contributed by atoms with E-state index < -0.39 is 29.7 Å². The number of nitrogens with zero attached hydrogens (tertiary/aromatic N) is 1. The molecule has 0 fully saturated rings. The summed E-state index contributed by atoms with van der Waals surface area (Å²) in [5.74, 6) is -0.827. The quantitative estimate of drug-likeness (QED) is 0.501. The highest BCUT2D eigenvalue weighted by Gasteiger charge is 2.36. The van der Waals surface area contributed by atoms with Gasteiger partial charge in [-0.05, 0) is 64.8 Å². The van der Waals surface area contributed by atoms with Crippen molar-refractivity contribution in [3.63, 3.8) is 0 Å². The van der Waals surface area contributed by atoms with Crippen LogP contribution in [0.25, 0.3) is 0 Å². The van der Waals surface area contributed by atoms with Crippen molar-refractivity contribution in [1.29, 1.82) is 0 Å². The minimum atomic E-state index is -0.999. The number of nitrogens with one attached hydrogen (secondary N) is 2. The molecule has 2 unspecified atom stereocenters. The van der Waals surface area contributed by atoms with Gasteiger partial charge in [0.1, 0.15) is 23.4 Å². The van der Waals surface area contributed by atoms with Crippen LogP contribution >= 0.6 is 0 Å². The second-order valence-corrected chi connectivity index (χ2v) is 9.67. The van der Waals surface area contributed by atoms with Crippen molar-refractivity contribution in [1.82, 2.24) is 15.5 Å². The number of hydrogen-bond acceptors (Lipinski definition) is 5. The summed E-state index contributed by atoms with van der Waals surface area (Å²) in [6.07, 6.45) is -0.503. The number of phenolic OH excluding ortho intramolecular Hbond substituents is 1. The average Bonchev–Trinajstić information content (AvgIpc) is 2.75. The Bertz CT molecular complexity index is 1000. The van der Waals surface area contributed by atoms with Gasteiger partial charge in [-0.25, -0.2) is 4.79 Å². The topological polar surface area (TPSA) is 108 Å². The Morgan fingerprint density at radius 3 is 2.20 bits per heavy atom. The molecule has 190 valence electrons. The molecule has 2 rings (SSSR count). The summed E-state index contributed by atoms with van der Waals surface area (Å²) < 4.78 is 5.40. The third-order valence-electron chi connectivity index (χ3n) is 5.07. The van der Waals surface area contributed by atoms with Gasteiger partial charge >= 0.3 is 6.09 Å². The average molecular weight is 484 g/mol. The standard InChI is InChI=1S/C27H37N3O5/c1-7-30(23(24(32)28-18(2)3)20-14-11-15-21(31)17-20)25(33)22(16-19-12-9-8-10-13-19)29-26(34)35-27(4,5)6/h8-15,17-18,22-23,31H,7,16H2,1-6H3,(H,28,32)(H,29,34). The lowest BCUT2D eigenvalue weighted by Crippen LogP contribution is -2.54. The van der Waals surface area contributed by atoms with Crippen LogP contribution in [0.2, 0.25) is 0 Å². The number of likely N-dealkylation sites (N-methyl/N-ethyl adjacent to an activating group) is 1. The zero-order chi connectivity index (χ0) is 26.2. The minimum absolute atomic E-state index is 0.0129. The fraction of sp³-hybridized carbons (Fsp3) is 0.444. The highest BCUT2D eigenvalue weighted by Crippen LogP contribution is 2.26. The maximum absolute atomic E-state index is 13.9. The molecule has 0 aliphatic rings. The molecule has 2 aromatic rings. The number of carbonyl (C=O) groups is 3. The molecule has 0 aromatic heterocycles. The van der Waals surface area contributed by atoms with E-state index in [2.05, 4.69) is 10.6 Å². The number of aromatic hydroxyl groups is 1. The van der Waals surface area contributed by atoms with Gasteiger partial charge in [0.2, 0.25) is 11.8 Å². The van der Waals surface area contributed by atoms with Gasteiger partial charge in [0.05, 0.1) is 0 Å². The number of phenols is 1. The molecule has 35 heavy (non-hydrogen) atoms. The fourth-order valence-electron chi connectivity index (χ4n) is 3.70. The van der Waals surface area contributed by atoms with Crippen molar-refractivity contribution < 1.29 is 24.2 Å². The van der Waals surface area contributed by atoms with Gasteiger partial charge in [-0.3, -0.25) is 9.59 Å². The minimum Gasteiger partial charge on any atom is -0.508 e. The van der Waals surface area contributed by atoms with E-state index in [1.165, 1.54) is 17.0 Å². The first-order valence-corrected chi connectivity index (χ1v) is 11.8. The van der Waals surface area contributed by atoms with Crippen molar-refractivity contribution in [2.24, 2.45) is 0 Å². The summed E-state index contributed by atoms with van der Waals surface area (Å²) in [5, 5.41) is 15.6. The lowest BCUT2D eigenvalue weighted by Gasteiger charge is -2.34. The Kier molecular flexibility index (Phi) is 9.68. The molecule has 2 atom stereocenters. The van der Waals surface area contributed by atoms with E-state index in [0.717, 1.165) is 5.56 Å². The Hall–Kier alpha value is -3.55. The Labute approximate surface area is 207 Å². The lowest BCUT2D eigenvalue weighted by atomic mass is 10.00. The zero-order valence-corrected chi connectivity index (χ0v) is 21.4. The first kappa shape index (κ1) is 27.7. The summed E-state index contributed by atoms with van der Waals surface area (Å²) in [5.41, 5.74) is 0.573. The van der Waals surface area contributed by atoms with Crippen LogP contribution in [0.5, 0.6) is 5.75 Å². The molecular formula is C27H37N3O5. The van der Waals surface area contributed by atoms with Crippen molar-refractivity contribution in [2.45, 2.75) is 71.7 Å². The third kappa shape index (κ3) is 8.63. The summed E-state index contributed by atoms with van der Waals surface area (Å²) in [6, 6.07) is 13.5. The molecule has 3 amide bonds. The van der Waals surface area contributed by atoms with E-state index in [0.29, 0.717) is 5.56 Å². The Balaban J connectivity index is 2.45. The maximum atomic E-state index is 13.9. The van der Waals surface area contributed by atoms with Crippen molar-refractivity contribution in [3.8, 4) is 5.75 Å². The summed E-state index contributed by atoms with van der Waals surface area (Å²) in [6.45, 7) is 10.9. The van der Waals surface area contributed by atoms with Crippen LogP contribution in [-0.2, 0) is 20.7 Å². The number of alkyl carbamates (subject to hydrolysis) is 1. The molecule has 2 aromatic carbocycles. The van der Waals surface area contributed by atoms with E-state index in [-0.39, 0.29) is 30.7 Å². The zero-order valence-electron chi connectivity index (χ0n) is 21.4. The third-order valence-corrected chi connectivity index (χ3v) is 5.07. The Morgan fingerprint density at radius 1 is 1.00 bits per heavy atom. The molecule has 0 spiro atoms. The molecule has 8 heteroatoms. The normalized spacial score (nSPS) is 13.0. The molecule has 0 saturated carbocycles. The number of ether oxygens (including phenoxy) is 1. The van der Waals surface area contributed by atoms with Gasteiger partial charge < -0.3 is 25.4 Å². The summed E-state index contributed by atoms with van der Waals surface area (Å²) >= 11 is 0. The molecule has 3 N–H and O–H groups in total. The van der Waals surface area contributed by atoms with E-state index in [4.69, 9.17) is 4.74 Å². The molecule has 8 nitrogen and oxygen atoms in total. The SMILES string of the molecule is CCN(C(=O)C(Cc1ccccc1)NC(=O)OC(C)(C)C)C(C(=O)NC(C)C)c1cccc(O)c1. The Morgan fingerprint density at radius 2 is 1.66 bits per heavy atom. The van der Waals surface area contributed by atoms with Gasteiger partial charge in [-0.1, -0.05) is 42.5 Å². The highest BCUT2D eigenvalue weighted by molar-refractivity contribution is 5.92. The van der Waals surface area contributed by atoms with Gasteiger partial charge in [-0.2, -0.15) is 0 Å². The second-order valence-electron chi connectivity index (χ2n) is 9.67. The first-order chi connectivity index (χ1) is 16.4. The van der Waals surface area contributed by atoms with Crippen LogP contribution in [0.15, 0.2) is 54.6 Å². The molecule has 0 radical (unpaired) electrons. The number of benzene rings is 2. The smallest absolute Gasteiger partial charge is 0.408 e. The molecule has 0 heterocycles. The molecule has 0 saturated heterocycles. The molecule has 0 aliphatic carbocycles. The molecule has 0 aliphatic heterocycles. The maximum Gasteiger partial charge on any atom is 0.408 e. The number of carbonyl (C=O) groups excluding carboxylic acids is 3. The van der Waals surface area contributed by atoms with Crippen LogP contribution in [0, 0.1) is 0 Å². The van der Waals surface area contributed by atoms with Crippen molar-refractivity contribution in [2.75, 3.05) is 6.54 Å². The van der Waals surface area contributed by atoms with Gasteiger partial charge in [0, 0.05) is 19.0 Å². The van der Waals surface area contributed by atoms with Gasteiger partial charge in [-0.15, -0.1) is 0 Å². The van der Waals surface area contributed by atoms with Crippen LogP contribution in [0.1, 0.15) is 58.7 Å². The predicted molar refractivity (Wildman–Crippen MR) is 135 cm³/mol. The molecule has 0 bridgehead atoms. The second kappa shape index (κ2) is 12.2. The van der Waals surface area contributed by atoms with E-state index in [1.54, 1.807) is 39.8 Å². The number of hydrogen-bond donors (Lipinski definition) is 3. The van der Waals surface area contributed by atoms with E-state index in [9.17, 15) is 19.5 Å². The van der Waals surface area contributed by atoms with E-state index in [1.807, 2.05) is 44.2 Å². The van der Waals surface area contributed by atoms with Crippen molar-refractivity contribution >= 4 is 17.9 Å². The lowest BCUT2D eigenvalue weighted by molar-refractivity contribution is -0.142. The van der Waals surface area contributed by atoms with Gasteiger partial charge in [0.15, 0.2) is 0 Å². The largest absolute Gasteiger partial charge is 0.508 e.